The summed E-state index contributed by atoms with van der Waals surface area (Å²) in [6, 6.07) is 5.47. The van der Waals surface area contributed by atoms with Crippen LogP contribution in [0, 0.1) is 0 Å². The molecule has 1 rings (SSSR count). The number of carbonyl (C=O) groups is 2. The van der Waals surface area contributed by atoms with Crippen molar-refractivity contribution >= 4 is 23.6 Å². The van der Waals surface area contributed by atoms with Gasteiger partial charge in [-0.05, 0) is 19.1 Å². The van der Waals surface area contributed by atoms with Crippen LogP contribution in [0.15, 0.2) is 24.3 Å². The van der Waals surface area contributed by atoms with Crippen molar-refractivity contribution in [2.45, 2.75) is 12.8 Å². The number of thioether (sulfide) groups is 1. The predicted molar refractivity (Wildman–Crippen MR) is 79.5 cm³/mol. The third-order valence-corrected chi connectivity index (χ3v) is 3.51. The molecule has 0 radical (unpaired) electrons. The van der Waals surface area contributed by atoms with Gasteiger partial charge in [0.25, 0.3) is 5.91 Å². The van der Waals surface area contributed by atoms with E-state index in [0.29, 0.717) is 0 Å². The molecule has 2 N–H and O–H groups in total. The van der Waals surface area contributed by atoms with Crippen molar-refractivity contribution in [1.82, 2.24) is 5.32 Å². The number of aliphatic carboxylic acids is 1. The molecule has 0 saturated carbocycles. The van der Waals surface area contributed by atoms with Crippen LogP contribution in [0.5, 0.6) is 5.75 Å². The Morgan fingerprint density at radius 2 is 2.05 bits per heavy atom. The molecule has 0 aromatic heterocycles. The quantitative estimate of drug-likeness (QED) is 0.677. The molecule has 0 saturated heterocycles. The van der Waals surface area contributed by atoms with Crippen molar-refractivity contribution in [1.29, 1.82) is 0 Å². The fourth-order valence-electron chi connectivity index (χ4n) is 1.64. The lowest BCUT2D eigenvalue weighted by atomic mass is 10.1. The first kappa shape index (κ1) is 18.2. The minimum Gasteiger partial charge on any atom is -0.493 e. The van der Waals surface area contributed by atoms with E-state index in [1.165, 1.54) is 12.1 Å². The van der Waals surface area contributed by atoms with Crippen molar-refractivity contribution in [3.63, 3.8) is 0 Å². The Morgan fingerprint density at radius 3 is 2.68 bits per heavy atom. The van der Waals surface area contributed by atoms with Crippen LogP contribution >= 0.6 is 11.8 Å². The number of ether oxygens (including phenoxy) is 1. The van der Waals surface area contributed by atoms with Crippen molar-refractivity contribution in [3.8, 4) is 5.75 Å². The van der Waals surface area contributed by atoms with Gasteiger partial charge >= 0.3 is 11.9 Å². The number of para-hydroxylation sites is 1. The average molecular weight is 333 g/mol. The molecule has 8 heteroatoms. The third kappa shape index (κ3) is 5.18. The number of carboxylic acids is 1. The van der Waals surface area contributed by atoms with Crippen molar-refractivity contribution in [2.24, 2.45) is 0 Å². The van der Waals surface area contributed by atoms with E-state index in [4.69, 9.17) is 9.84 Å². The minimum atomic E-state index is -3.72. The molecule has 5 nitrogen and oxygen atoms in total. The summed E-state index contributed by atoms with van der Waals surface area (Å²) in [5.74, 6) is -6.09. The summed E-state index contributed by atoms with van der Waals surface area (Å²) in [5, 5.41) is 10.5. The molecule has 0 aliphatic carbocycles. The number of nitrogens with one attached hydrogen (secondary N) is 1. The molecule has 22 heavy (non-hydrogen) atoms. The molecular formula is C14H17F2NO4S. The summed E-state index contributed by atoms with van der Waals surface area (Å²) in [6.45, 7) is 1.83. The molecular weight excluding hydrogens is 316 g/mol. The normalized spacial score (nSPS) is 11.0. The van der Waals surface area contributed by atoms with E-state index in [1.807, 2.05) is 0 Å². The van der Waals surface area contributed by atoms with Crippen LogP contribution in [0.25, 0.3) is 0 Å². The molecule has 1 amide bonds. The summed E-state index contributed by atoms with van der Waals surface area (Å²) >= 11 is 1.04. The van der Waals surface area contributed by atoms with Gasteiger partial charge in [0.1, 0.15) is 5.75 Å². The molecule has 0 aliphatic rings. The van der Waals surface area contributed by atoms with Crippen molar-refractivity contribution < 1.29 is 28.2 Å². The van der Waals surface area contributed by atoms with E-state index < -0.39 is 23.4 Å². The molecule has 0 spiro atoms. The SMILES string of the molecule is CCOc1ccccc1C(F)(F)C(=O)NCCSCC(=O)O. The number of halogens is 2. The lowest BCUT2D eigenvalue weighted by Gasteiger charge is -2.19. The second-order valence-electron chi connectivity index (χ2n) is 4.21. The van der Waals surface area contributed by atoms with E-state index in [1.54, 1.807) is 13.0 Å². The van der Waals surface area contributed by atoms with Crippen molar-refractivity contribution in [3.05, 3.63) is 29.8 Å². The van der Waals surface area contributed by atoms with Gasteiger partial charge in [-0.15, -0.1) is 11.8 Å². The van der Waals surface area contributed by atoms with Gasteiger partial charge in [0, 0.05) is 12.3 Å². The van der Waals surface area contributed by atoms with Gasteiger partial charge in [-0.2, -0.15) is 8.78 Å². The first-order valence-corrected chi connectivity index (χ1v) is 7.73. The molecule has 122 valence electrons. The number of carboxylic acid groups (broad SMARTS) is 1. The predicted octanol–water partition coefficient (Wildman–Crippen LogP) is 2.11. The molecule has 0 aliphatic heterocycles. The Hall–Kier alpha value is -1.83. The topological polar surface area (TPSA) is 75.6 Å². The Labute approximate surface area is 131 Å². The number of hydrogen-bond acceptors (Lipinski definition) is 4. The summed E-state index contributed by atoms with van der Waals surface area (Å²) < 4.78 is 33.5. The van der Waals surface area contributed by atoms with Crippen LogP contribution in [-0.4, -0.2) is 41.6 Å². The Balaban J connectivity index is 2.65. The van der Waals surface area contributed by atoms with Gasteiger partial charge in [-0.1, -0.05) is 12.1 Å². The van der Waals surface area contributed by atoms with Crippen molar-refractivity contribution in [2.75, 3.05) is 24.7 Å². The largest absolute Gasteiger partial charge is 0.493 e. The molecule has 0 heterocycles. The second-order valence-corrected chi connectivity index (χ2v) is 5.31. The Kier molecular flexibility index (Phi) is 7.10. The zero-order chi connectivity index (χ0) is 16.6. The van der Waals surface area contributed by atoms with Gasteiger partial charge in [-0.25, -0.2) is 0 Å². The molecule has 1 aromatic rings. The molecule has 0 atom stereocenters. The van der Waals surface area contributed by atoms with Crippen LogP contribution in [0.3, 0.4) is 0 Å². The second kappa shape index (κ2) is 8.57. The number of rotatable bonds is 9. The molecule has 0 unspecified atom stereocenters. The Bertz CT molecular complexity index is 525. The van der Waals surface area contributed by atoms with Crippen LogP contribution in [-0.2, 0) is 15.5 Å². The fraction of sp³-hybridized carbons (Fsp3) is 0.429. The summed E-state index contributed by atoms with van der Waals surface area (Å²) in [5.41, 5.74) is -0.493. The van der Waals surface area contributed by atoms with Gasteiger partial charge < -0.3 is 15.2 Å². The fourth-order valence-corrected chi connectivity index (χ4v) is 2.20. The summed E-state index contributed by atoms with van der Waals surface area (Å²) in [7, 11) is 0. The zero-order valence-electron chi connectivity index (χ0n) is 12.0. The van der Waals surface area contributed by atoms with Gasteiger partial charge in [-0.3, -0.25) is 9.59 Å². The van der Waals surface area contributed by atoms with Crippen LogP contribution in [0.4, 0.5) is 8.78 Å². The highest BCUT2D eigenvalue weighted by atomic mass is 32.2. The summed E-state index contributed by atoms with van der Waals surface area (Å²) in [6.07, 6.45) is 0. The van der Waals surface area contributed by atoms with Gasteiger partial charge in [0.05, 0.1) is 17.9 Å². The average Bonchev–Trinajstić information content (AvgIpc) is 2.47. The number of carbonyl (C=O) groups excluding carboxylic acids is 1. The first-order valence-electron chi connectivity index (χ1n) is 6.57. The van der Waals surface area contributed by atoms with Crippen LogP contribution in [0.2, 0.25) is 0 Å². The van der Waals surface area contributed by atoms with E-state index in [-0.39, 0.29) is 30.4 Å². The maximum atomic E-state index is 14.2. The first-order chi connectivity index (χ1) is 10.4. The number of alkyl halides is 2. The van der Waals surface area contributed by atoms with Crippen LogP contribution in [0.1, 0.15) is 12.5 Å². The highest BCUT2D eigenvalue weighted by molar-refractivity contribution is 7.99. The maximum Gasteiger partial charge on any atom is 0.353 e. The third-order valence-electron chi connectivity index (χ3n) is 2.57. The summed E-state index contributed by atoms with van der Waals surface area (Å²) in [4.78, 5) is 22.0. The van der Waals surface area contributed by atoms with Gasteiger partial charge in [0.2, 0.25) is 0 Å². The Morgan fingerprint density at radius 1 is 1.36 bits per heavy atom. The number of benzene rings is 1. The smallest absolute Gasteiger partial charge is 0.353 e. The van der Waals surface area contributed by atoms with E-state index in [0.717, 1.165) is 17.8 Å². The maximum absolute atomic E-state index is 14.2. The standard InChI is InChI=1S/C14H17F2NO4S/c1-2-21-11-6-4-3-5-10(11)14(15,16)13(20)17-7-8-22-9-12(18)19/h3-6H,2,7-9H2,1H3,(H,17,20)(H,18,19). The molecule has 0 fully saturated rings. The lowest BCUT2D eigenvalue weighted by molar-refractivity contribution is -0.147. The number of hydrogen-bond donors (Lipinski definition) is 2. The van der Waals surface area contributed by atoms with E-state index in [9.17, 15) is 18.4 Å². The minimum absolute atomic E-state index is 0.0367. The molecule has 1 aromatic carbocycles. The van der Waals surface area contributed by atoms with E-state index in [2.05, 4.69) is 5.32 Å². The van der Waals surface area contributed by atoms with Crippen LogP contribution < -0.4 is 10.1 Å². The zero-order valence-corrected chi connectivity index (χ0v) is 12.8. The monoisotopic (exact) mass is 333 g/mol. The highest BCUT2D eigenvalue weighted by Crippen LogP contribution is 2.35. The van der Waals surface area contributed by atoms with E-state index >= 15 is 0 Å². The number of amides is 1. The highest BCUT2D eigenvalue weighted by Gasteiger charge is 2.43. The molecule has 0 bridgehead atoms. The van der Waals surface area contributed by atoms with Gasteiger partial charge in [0.15, 0.2) is 0 Å². The lowest BCUT2D eigenvalue weighted by Crippen LogP contribution is -2.39.